The molecule has 1 heterocycles. The van der Waals surface area contributed by atoms with E-state index in [-0.39, 0.29) is 13.2 Å². The molecule has 1 aliphatic rings. The number of aliphatic hydroxyl groups excluding tert-OH is 2. The Morgan fingerprint density at radius 3 is 1.35 bits per heavy atom. The Morgan fingerprint density at radius 2 is 1.00 bits per heavy atom. The molecule has 2 aromatic rings. The fourth-order valence-corrected chi connectivity index (χ4v) is 4.41. The van der Waals surface area contributed by atoms with Gasteiger partial charge in [0.1, 0.15) is 36.9 Å². The summed E-state index contributed by atoms with van der Waals surface area (Å²) in [5, 5.41) is 21.0. The number of nitrogens with zero attached hydrogens (tertiary/aromatic N) is 2. The zero-order valence-corrected chi connectivity index (χ0v) is 21.2. The van der Waals surface area contributed by atoms with E-state index in [4.69, 9.17) is 9.47 Å². The van der Waals surface area contributed by atoms with E-state index < -0.39 is 12.2 Å². The van der Waals surface area contributed by atoms with Crippen LogP contribution < -0.4 is 9.47 Å². The molecule has 2 aromatic carbocycles. The summed E-state index contributed by atoms with van der Waals surface area (Å²) in [6, 6.07) is 16.1. The molecule has 188 valence electrons. The molecule has 0 aromatic heterocycles. The van der Waals surface area contributed by atoms with Gasteiger partial charge < -0.3 is 19.7 Å². The monoisotopic (exact) mass is 470 g/mol. The van der Waals surface area contributed by atoms with Gasteiger partial charge in [-0.25, -0.2) is 0 Å². The molecule has 0 spiro atoms. The van der Waals surface area contributed by atoms with E-state index in [0.717, 1.165) is 37.7 Å². The number of piperazine rings is 1. The third-order valence-corrected chi connectivity index (χ3v) is 6.35. The number of hydrogen-bond donors (Lipinski definition) is 2. The maximum atomic E-state index is 10.5. The summed E-state index contributed by atoms with van der Waals surface area (Å²) in [6.07, 6.45) is -1.07. The van der Waals surface area contributed by atoms with Gasteiger partial charge >= 0.3 is 0 Å². The van der Waals surface area contributed by atoms with Gasteiger partial charge in [0.2, 0.25) is 0 Å². The van der Waals surface area contributed by atoms with E-state index in [9.17, 15) is 10.2 Å². The zero-order chi connectivity index (χ0) is 24.5. The first-order valence-electron chi connectivity index (χ1n) is 12.6. The topological polar surface area (TPSA) is 65.4 Å². The predicted octanol–water partition coefficient (Wildman–Crippen LogP) is 3.73. The van der Waals surface area contributed by atoms with Gasteiger partial charge in [0, 0.05) is 39.3 Å². The van der Waals surface area contributed by atoms with Crippen LogP contribution in [0.1, 0.15) is 50.7 Å². The van der Waals surface area contributed by atoms with Gasteiger partial charge in [-0.1, -0.05) is 64.1 Å². The fourth-order valence-electron chi connectivity index (χ4n) is 4.41. The molecule has 1 saturated heterocycles. The molecular weight excluding hydrogens is 428 g/mol. The lowest BCUT2D eigenvalue weighted by molar-refractivity contribution is 0.0238. The molecule has 0 saturated carbocycles. The van der Waals surface area contributed by atoms with Crippen LogP contribution in [0.25, 0.3) is 0 Å². The van der Waals surface area contributed by atoms with E-state index >= 15 is 0 Å². The van der Waals surface area contributed by atoms with Gasteiger partial charge in [0.05, 0.1) is 0 Å². The van der Waals surface area contributed by atoms with Crippen LogP contribution in [-0.2, 0) is 0 Å². The third kappa shape index (κ3) is 7.98. The van der Waals surface area contributed by atoms with Gasteiger partial charge in [0.25, 0.3) is 0 Å². The van der Waals surface area contributed by atoms with E-state index in [1.165, 1.54) is 11.1 Å². The number of benzene rings is 2. The van der Waals surface area contributed by atoms with Crippen LogP contribution in [0.4, 0.5) is 0 Å². The van der Waals surface area contributed by atoms with Gasteiger partial charge in [-0.2, -0.15) is 0 Å². The minimum atomic E-state index is -0.535. The van der Waals surface area contributed by atoms with E-state index in [1.54, 1.807) is 0 Å². The second-order valence-corrected chi connectivity index (χ2v) is 9.92. The first-order valence-corrected chi connectivity index (χ1v) is 12.6. The fraction of sp³-hybridized carbons (Fsp3) is 0.571. The van der Waals surface area contributed by atoms with Crippen molar-refractivity contribution >= 4 is 0 Å². The summed E-state index contributed by atoms with van der Waals surface area (Å²) in [7, 11) is 0. The smallest absolute Gasteiger partial charge is 0.122 e. The van der Waals surface area contributed by atoms with Gasteiger partial charge in [-0.05, 0) is 35.1 Å². The van der Waals surface area contributed by atoms with Gasteiger partial charge in [-0.3, -0.25) is 9.80 Å². The summed E-state index contributed by atoms with van der Waals surface area (Å²) < 4.78 is 11.9. The molecular formula is C28H42N2O4. The van der Waals surface area contributed by atoms with Crippen molar-refractivity contribution in [2.75, 3.05) is 52.5 Å². The van der Waals surface area contributed by atoms with E-state index in [2.05, 4.69) is 49.6 Å². The molecule has 1 aliphatic heterocycles. The van der Waals surface area contributed by atoms with E-state index in [1.807, 2.05) is 36.4 Å². The normalized spacial score (nSPS) is 17.2. The Labute approximate surface area is 205 Å². The van der Waals surface area contributed by atoms with Crippen molar-refractivity contribution in [2.24, 2.45) is 0 Å². The lowest BCUT2D eigenvalue weighted by atomic mass is 10.0. The average molecular weight is 471 g/mol. The molecule has 6 nitrogen and oxygen atoms in total. The summed E-state index contributed by atoms with van der Waals surface area (Å²) in [5.41, 5.74) is 2.33. The third-order valence-electron chi connectivity index (χ3n) is 6.35. The van der Waals surface area contributed by atoms with Gasteiger partial charge in [-0.15, -0.1) is 0 Å². The first kappa shape index (κ1) is 26.5. The van der Waals surface area contributed by atoms with Crippen molar-refractivity contribution in [1.29, 1.82) is 0 Å². The Bertz CT molecular complexity index is 793. The zero-order valence-electron chi connectivity index (χ0n) is 21.2. The van der Waals surface area contributed by atoms with Crippen molar-refractivity contribution in [2.45, 2.75) is 51.7 Å². The van der Waals surface area contributed by atoms with Crippen molar-refractivity contribution in [3.63, 3.8) is 0 Å². The van der Waals surface area contributed by atoms with Crippen molar-refractivity contribution < 1.29 is 19.7 Å². The molecule has 2 atom stereocenters. The Balaban J connectivity index is 1.36. The predicted molar refractivity (Wildman–Crippen MR) is 137 cm³/mol. The maximum Gasteiger partial charge on any atom is 0.122 e. The molecule has 0 radical (unpaired) electrons. The number of para-hydroxylation sites is 2. The minimum Gasteiger partial charge on any atom is -0.491 e. The van der Waals surface area contributed by atoms with Crippen molar-refractivity contribution in [3.8, 4) is 11.5 Å². The lowest BCUT2D eigenvalue weighted by Gasteiger charge is -2.36. The molecule has 2 unspecified atom stereocenters. The average Bonchev–Trinajstić information content (AvgIpc) is 2.83. The van der Waals surface area contributed by atoms with Crippen LogP contribution in [0, 0.1) is 0 Å². The second kappa shape index (κ2) is 13.1. The highest BCUT2D eigenvalue weighted by Gasteiger charge is 2.22. The van der Waals surface area contributed by atoms with Crippen LogP contribution >= 0.6 is 0 Å². The molecule has 0 bridgehead atoms. The minimum absolute atomic E-state index is 0.290. The van der Waals surface area contributed by atoms with Crippen molar-refractivity contribution in [1.82, 2.24) is 9.80 Å². The SMILES string of the molecule is CC(C)c1ccccc1OCC(O)CN1CCN(CC(O)COc2ccccc2C(C)C)CC1. The van der Waals surface area contributed by atoms with Crippen LogP contribution in [0.3, 0.4) is 0 Å². The number of rotatable bonds is 12. The first-order chi connectivity index (χ1) is 16.3. The molecule has 34 heavy (non-hydrogen) atoms. The van der Waals surface area contributed by atoms with Crippen LogP contribution in [0.2, 0.25) is 0 Å². The summed E-state index contributed by atoms with van der Waals surface area (Å²) in [4.78, 5) is 4.53. The number of aliphatic hydroxyl groups is 2. The molecule has 3 rings (SSSR count). The Hall–Kier alpha value is -2.12. The quantitative estimate of drug-likeness (QED) is 0.493. The number of ether oxygens (including phenoxy) is 2. The molecule has 6 heteroatoms. The largest absolute Gasteiger partial charge is 0.491 e. The molecule has 0 aliphatic carbocycles. The van der Waals surface area contributed by atoms with E-state index in [0.29, 0.717) is 24.9 Å². The Kier molecular flexibility index (Phi) is 10.2. The summed E-state index contributed by atoms with van der Waals surface area (Å²) in [5.74, 6) is 2.47. The van der Waals surface area contributed by atoms with Crippen LogP contribution in [-0.4, -0.2) is 84.7 Å². The molecule has 1 fully saturated rings. The Morgan fingerprint density at radius 1 is 0.647 bits per heavy atom. The molecule has 2 N–H and O–H groups in total. The molecule has 0 amide bonds. The van der Waals surface area contributed by atoms with Gasteiger partial charge in [0.15, 0.2) is 0 Å². The number of β-amino-alcohol motifs (C(OH)–C–C–N with tert-alkyl or cyclic N) is 2. The van der Waals surface area contributed by atoms with Crippen molar-refractivity contribution in [3.05, 3.63) is 59.7 Å². The second-order valence-electron chi connectivity index (χ2n) is 9.92. The van der Waals surface area contributed by atoms with Crippen LogP contribution in [0.15, 0.2) is 48.5 Å². The summed E-state index contributed by atoms with van der Waals surface area (Å²) in [6.45, 7) is 13.8. The summed E-state index contributed by atoms with van der Waals surface area (Å²) >= 11 is 0. The lowest BCUT2D eigenvalue weighted by Crippen LogP contribution is -2.51. The standard InChI is InChI=1S/C28H42N2O4/c1-21(2)25-9-5-7-11-27(25)33-19-23(31)17-29-13-15-30(16-14-29)18-24(32)20-34-28-12-8-6-10-26(28)22(3)4/h5-12,21-24,31-32H,13-20H2,1-4H3. The highest BCUT2D eigenvalue weighted by molar-refractivity contribution is 5.36. The highest BCUT2D eigenvalue weighted by atomic mass is 16.5. The number of hydrogen-bond acceptors (Lipinski definition) is 6. The maximum absolute atomic E-state index is 10.5. The van der Waals surface area contributed by atoms with Crippen LogP contribution in [0.5, 0.6) is 11.5 Å². The highest BCUT2D eigenvalue weighted by Crippen LogP contribution is 2.27.